The number of hydrogen-bond donors (Lipinski definition) is 0. The van der Waals surface area contributed by atoms with E-state index < -0.39 is 5.16 Å². The maximum atomic E-state index is 12.4. The molecule has 2 nitrogen and oxygen atoms in total. The minimum atomic E-state index is -0.568. The molecule has 1 aromatic carbocycles. The Kier molecular flexibility index (Phi) is 4.83. The van der Waals surface area contributed by atoms with Gasteiger partial charge < -0.3 is 4.74 Å². The van der Waals surface area contributed by atoms with Crippen LogP contribution in [0.3, 0.4) is 0 Å². The topological polar surface area (TPSA) is 26.3 Å². The molecule has 2 atom stereocenters. The molecule has 1 rings (SSSR count). The smallest absolute Gasteiger partial charge is 0.177 e. The third kappa shape index (κ3) is 2.93. The lowest BCUT2D eigenvalue weighted by molar-refractivity contribution is 0.0945. The second kappa shape index (κ2) is 5.56. The highest BCUT2D eigenvalue weighted by molar-refractivity contribution is 7.21. The monoisotopic (exact) mass is 292 g/mol. The van der Waals surface area contributed by atoms with E-state index in [4.69, 9.17) is 27.9 Å². The fraction of sp³-hybridized carbons (Fsp3) is 0.417. The van der Waals surface area contributed by atoms with Crippen molar-refractivity contribution in [1.29, 1.82) is 0 Å². The highest BCUT2D eigenvalue weighted by atomic mass is 35.5. The van der Waals surface area contributed by atoms with Gasteiger partial charge in [-0.15, -0.1) is 9.24 Å². The molecule has 0 N–H and O–H groups in total. The zero-order valence-corrected chi connectivity index (χ0v) is 12.7. The summed E-state index contributed by atoms with van der Waals surface area (Å²) < 4.78 is 5.17. The molecule has 2 unspecified atom stereocenters. The molecule has 94 valence electrons. The Hall–Kier alpha value is -0.300. The van der Waals surface area contributed by atoms with E-state index in [0.717, 1.165) is 0 Å². The minimum Gasteiger partial charge on any atom is -0.494 e. The molecule has 1 aromatic rings. The van der Waals surface area contributed by atoms with Gasteiger partial charge in [0.2, 0.25) is 0 Å². The van der Waals surface area contributed by atoms with Gasteiger partial charge in [0.15, 0.2) is 5.78 Å². The van der Waals surface area contributed by atoms with Crippen molar-refractivity contribution in [3.05, 3.63) is 27.7 Å². The molecule has 0 aliphatic heterocycles. The van der Waals surface area contributed by atoms with Gasteiger partial charge in [-0.2, -0.15) is 0 Å². The van der Waals surface area contributed by atoms with Crippen LogP contribution in [0.5, 0.6) is 5.75 Å². The molecule has 0 saturated heterocycles. The van der Waals surface area contributed by atoms with Gasteiger partial charge in [0.25, 0.3) is 0 Å². The summed E-state index contributed by atoms with van der Waals surface area (Å²) in [5.74, 6) is 0.251. The van der Waals surface area contributed by atoms with Crippen molar-refractivity contribution in [1.82, 2.24) is 0 Å². The predicted molar refractivity (Wildman–Crippen MR) is 75.8 cm³/mol. The fourth-order valence-corrected chi connectivity index (χ4v) is 2.00. The molecule has 0 amide bonds. The third-order valence-electron chi connectivity index (χ3n) is 2.74. The predicted octanol–water partition coefficient (Wildman–Crippen LogP) is 4.23. The van der Waals surface area contributed by atoms with Crippen LogP contribution in [-0.4, -0.2) is 18.0 Å². The summed E-state index contributed by atoms with van der Waals surface area (Å²) in [5, 5.41) is 0.178. The number of Topliss-reactive ketones (excluding diaryl/α,β-unsaturated/α-hetero) is 1. The Labute approximate surface area is 114 Å². The van der Waals surface area contributed by atoms with Crippen LogP contribution in [0.4, 0.5) is 0 Å². The number of rotatable bonds is 4. The summed E-state index contributed by atoms with van der Waals surface area (Å²) in [6, 6.07) is 3.22. The van der Waals surface area contributed by atoms with E-state index in [1.807, 2.05) is 13.8 Å². The van der Waals surface area contributed by atoms with Gasteiger partial charge in [-0.3, -0.25) is 4.79 Å². The molecule has 0 radical (unpaired) electrons. The molecule has 0 heterocycles. The van der Waals surface area contributed by atoms with Crippen LogP contribution in [0, 0.1) is 0 Å². The van der Waals surface area contributed by atoms with E-state index >= 15 is 0 Å². The van der Waals surface area contributed by atoms with Gasteiger partial charge in [0.05, 0.1) is 22.7 Å². The van der Waals surface area contributed by atoms with Crippen molar-refractivity contribution in [2.24, 2.45) is 0 Å². The van der Waals surface area contributed by atoms with Crippen molar-refractivity contribution < 1.29 is 9.53 Å². The number of benzene rings is 1. The fourth-order valence-electron chi connectivity index (χ4n) is 1.39. The molecular formula is C12H15Cl2O2P. The maximum absolute atomic E-state index is 12.4. The second-order valence-electron chi connectivity index (χ2n) is 4.04. The number of ether oxygens (including phenoxy) is 1. The average Bonchev–Trinajstić information content (AvgIpc) is 2.30. The number of methoxy groups -OCH3 is 1. The molecule has 5 heteroatoms. The Bertz CT molecular complexity index is 444. The van der Waals surface area contributed by atoms with Crippen molar-refractivity contribution in [3.63, 3.8) is 0 Å². The largest absolute Gasteiger partial charge is 0.494 e. The molecule has 0 aliphatic carbocycles. The number of hydrogen-bond acceptors (Lipinski definition) is 2. The first-order chi connectivity index (χ1) is 7.85. The van der Waals surface area contributed by atoms with E-state index in [1.54, 1.807) is 12.1 Å². The first-order valence-electron chi connectivity index (χ1n) is 5.20. The highest BCUT2D eigenvalue weighted by Gasteiger charge is 2.31. The van der Waals surface area contributed by atoms with Gasteiger partial charge in [0.1, 0.15) is 5.75 Å². The van der Waals surface area contributed by atoms with Crippen LogP contribution in [0.25, 0.3) is 0 Å². The first-order valence-corrected chi connectivity index (χ1v) is 6.54. The number of ketones is 1. The summed E-state index contributed by atoms with van der Waals surface area (Å²) in [6.07, 6.45) is 0.683. The van der Waals surface area contributed by atoms with Gasteiger partial charge >= 0.3 is 0 Å². The van der Waals surface area contributed by atoms with Crippen molar-refractivity contribution in [2.75, 3.05) is 7.11 Å². The molecular weight excluding hydrogens is 278 g/mol. The van der Waals surface area contributed by atoms with Crippen LogP contribution < -0.4 is 4.74 Å². The molecule has 0 aromatic heterocycles. The molecule has 0 bridgehead atoms. The molecule has 17 heavy (non-hydrogen) atoms. The van der Waals surface area contributed by atoms with E-state index in [-0.39, 0.29) is 5.78 Å². The summed E-state index contributed by atoms with van der Waals surface area (Å²) in [7, 11) is 4.03. The first kappa shape index (κ1) is 14.8. The van der Waals surface area contributed by atoms with Crippen LogP contribution >= 0.6 is 32.4 Å². The lowest BCUT2D eigenvalue weighted by Gasteiger charge is -2.23. The van der Waals surface area contributed by atoms with E-state index in [2.05, 4.69) is 9.24 Å². The van der Waals surface area contributed by atoms with Crippen LogP contribution in [-0.2, 0) is 0 Å². The van der Waals surface area contributed by atoms with Crippen molar-refractivity contribution >= 4 is 38.2 Å². The Morgan fingerprint density at radius 3 is 2.41 bits per heavy atom. The van der Waals surface area contributed by atoms with Gasteiger partial charge in [0, 0.05) is 5.16 Å². The summed E-state index contributed by atoms with van der Waals surface area (Å²) in [5.41, 5.74) is 0.348. The highest BCUT2D eigenvalue weighted by Crippen LogP contribution is 2.38. The Morgan fingerprint density at radius 2 is 1.94 bits per heavy atom. The Morgan fingerprint density at radius 1 is 1.41 bits per heavy atom. The third-order valence-corrected chi connectivity index (χ3v) is 4.03. The molecule has 0 fully saturated rings. The number of carbonyl (C=O) groups excluding carboxylic acids is 1. The van der Waals surface area contributed by atoms with Gasteiger partial charge in [-0.1, -0.05) is 30.1 Å². The Balaban J connectivity index is 3.40. The zero-order valence-electron chi connectivity index (χ0n) is 10.0. The number of carbonyl (C=O) groups is 1. The van der Waals surface area contributed by atoms with E-state index in [9.17, 15) is 4.79 Å². The minimum absolute atomic E-state index is 0.0886. The quantitative estimate of drug-likeness (QED) is 0.613. The maximum Gasteiger partial charge on any atom is 0.177 e. The molecule has 0 saturated carbocycles. The molecule has 0 aliphatic rings. The van der Waals surface area contributed by atoms with Crippen LogP contribution in [0.1, 0.15) is 30.6 Å². The lowest BCUT2D eigenvalue weighted by Crippen LogP contribution is -2.28. The summed E-state index contributed by atoms with van der Waals surface area (Å²) >= 11 is 12.1. The van der Waals surface area contributed by atoms with E-state index in [1.165, 1.54) is 7.11 Å². The normalized spacial score (nSPS) is 14.2. The van der Waals surface area contributed by atoms with Crippen molar-refractivity contribution in [3.8, 4) is 5.75 Å². The average molecular weight is 293 g/mol. The van der Waals surface area contributed by atoms with E-state index in [0.29, 0.717) is 27.8 Å². The summed E-state index contributed by atoms with van der Waals surface area (Å²) in [4.78, 5) is 12.4. The van der Waals surface area contributed by atoms with Gasteiger partial charge in [-0.05, 0) is 25.5 Å². The van der Waals surface area contributed by atoms with Crippen LogP contribution in [0.15, 0.2) is 12.1 Å². The number of halogens is 2. The zero-order chi connectivity index (χ0) is 13.2. The van der Waals surface area contributed by atoms with Crippen molar-refractivity contribution in [2.45, 2.75) is 25.4 Å². The lowest BCUT2D eigenvalue weighted by atomic mass is 9.95. The second-order valence-corrected chi connectivity index (χ2v) is 6.13. The van der Waals surface area contributed by atoms with Gasteiger partial charge in [-0.25, -0.2) is 0 Å². The SMILES string of the molecule is CCC(C)(P)C(=O)c1c(Cl)ccc(Cl)c1OC. The standard InChI is InChI=1S/C12H15Cl2O2P/c1-4-12(2,17)11(15)9-7(13)5-6-8(14)10(9)16-3/h5-6H,4,17H2,1-3H3. The molecule has 0 spiro atoms. The van der Waals surface area contributed by atoms with Crippen LogP contribution in [0.2, 0.25) is 10.0 Å². The summed E-state index contributed by atoms with van der Waals surface area (Å²) in [6.45, 7) is 3.78.